The van der Waals surface area contributed by atoms with Gasteiger partial charge in [0.2, 0.25) is 0 Å². The predicted octanol–water partition coefficient (Wildman–Crippen LogP) is 4.28. The summed E-state index contributed by atoms with van der Waals surface area (Å²) in [5.41, 5.74) is 5.29. The van der Waals surface area contributed by atoms with E-state index in [0.717, 1.165) is 34.1 Å². The second-order valence-corrected chi connectivity index (χ2v) is 5.44. The van der Waals surface area contributed by atoms with E-state index in [-0.39, 0.29) is 5.78 Å². The molecule has 3 aromatic rings. The molecule has 0 saturated carbocycles. The average Bonchev–Trinajstić information content (AvgIpc) is 2.47. The summed E-state index contributed by atoms with van der Waals surface area (Å²) in [7, 11) is 0. The lowest BCUT2D eigenvalue weighted by Gasteiger charge is -2.21. The maximum atomic E-state index is 12.8. The summed E-state index contributed by atoms with van der Waals surface area (Å²) in [6.07, 6.45) is 0.850. The summed E-state index contributed by atoms with van der Waals surface area (Å²) in [6.45, 7) is 2.12. The van der Waals surface area contributed by atoms with Crippen LogP contribution in [0.3, 0.4) is 0 Å². The first-order chi connectivity index (χ1) is 9.75. The van der Waals surface area contributed by atoms with Crippen LogP contribution in [0.5, 0.6) is 0 Å². The van der Waals surface area contributed by atoms with Crippen LogP contribution in [0.2, 0.25) is 0 Å². The van der Waals surface area contributed by atoms with Gasteiger partial charge in [-0.15, -0.1) is 0 Å². The van der Waals surface area contributed by atoms with Crippen molar-refractivity contribution in [2.24, 2.45) is 0 Å². The standard InChI is InChI=1S/C19H14O/c1-12-10-14-11-13-6-2-3-8-16(13)19(20)18(14)17-9-5-4-7-15(12)17/h2-10H,11H2,1H3. The van der Waals surface area contributed by atoms with E-state index in [4.69, 9.17) is 0 Å². The number of benzene rings is 3. The molecule has 1 aliphatic carbocycles. The molecule has 0 spiro atoms. The Morgan fingerprint density at radius 2 is 1.55 bits per heavy atom. The molecule has 0 amide bonds. The summed E-state index contributed by atoms with van der Waals surface area (Å²) in [5.74, 6) is 0.165. The van der Waals surface area contributed by atoms with Crippen LogP contribution in [0.15, 0.2) is 54.6 Å². The highest BCUT2D eigenvalue weighted by Crippen LogP contribution is 2.33. The Kier molecular flexibility index (Phi) is 2.31. The van der Waals surface area contributed by atoms with Gasteiger partial charge in [-0.3, -0.25) is 4.79 Å². The van der Waals surface area contributed by atoms with Gasteiger partial charge in [0.1, 0.15) is 0 Å². The maximum Gasteiger partial charge on any atom is 0.194 e. The van der Waals surface area contributed by atoms with Crippen molar-refractivity contribution in [3.05, 3.63) is 82.4 Å². The second kappa shape index (κ2) is 4.04. The molecule has 3 aromatic carbocycles. The number of hydrogen-bond acceptors (Lipinski definition) is 1. The average molecular weight is 258 g/mol. The normalized spacial score (nSPS) is 13.2. The van der Waals surface area contributed by atoms with Crippen LogP contribution in [-0.2, 0) is 6.42 Å². The van der Waals surface area contributed by atoms with E-state index < -0.39 is 0 Å². The summed E-state index contributed by atoms with van der Waals surface area (Å²) in [6, 6.07) is 18.3. The van der Waals surface area contributed by atoms with E-state index in [1.807, 2.05) is 30.3 Å². The van der Waals surface area contributed by atoms with Crippen molar-refractivity contribution in [2.75, 3.05) is 0 Å². The zero-order chi connectivity index (χ0) is 13.7. The molecule has 4 rings (SSSR count). The van der Waals surface area contributed by atoms with E-state index in [9.17, 15) is 4.79 Å². The minimum absolute atomic E-state index is 0.165. The van der Waals surface area contributed by atoms with Crippen molar-refractivity contribution < 1.29 is 4.79 Å². The molecular weight excluding hydrogens is 244 g/mol. The van der Waals surface area contributed by atoms with Crippen LogP contribution in [0.25, 0.3) is 10.8 Å². The van der Waals surface area contributed by atoms with E-state index in [1.165, 1.54) is 10.9 Å². The van der Waals surface area contributed by atoms with Gasteiger partial charge in [-0.2, -0.15) is 0 Å². The van der Waals surface area contributed by atoms with Gasteiger partial charge in [0.15, 0.2) is 5.78 Å². The van der Waals surface area contributed by atoms with Crippen LogP contribution in [0.1, 0.15) is 32.6 Å². The van der Waals surface area contributed by atoms with Gasteiger partial charge < -0.3 is 0 Å². The highest BCUT2D eigenvalue weighted by Gasteiger charge is 2.25. The van der Waals surface area contributed by atoms with Crippen molar-refractivity contribution in [3.8, 4) is 0 Å². The number of hydrogen-bond donors (Lipinski definition) is 0. The van der Waals surface area contributed by atoms with E-state index in [1.54, 1.807) is 0 Å². The van der Waals surface area contributed by atoms with Gasteiger partial charge in [-0.05, 0) is 40.8 Å². The molecule has 0 N–H and O–H groups in total. The van der Waals surface area contributed by atoms with E-state index in [2.05, 4.69) is 31.2 Å². The third-order valence-corrected chi connectivity index (χ3v) is 4.20. The van der Waals surface area contributed by atoms with Gasteiger partial charge in [-0.25, -0.2) is 0 Å². The molecule has 96 valence electrons. The molecule has 0 aromatic heterocycles. The van der Waals surface area contributed by atoms with Crippen LogP contribution >= 0.6 is 0 Å². The fourth-order valence-electron chi connectivity index (χ4n) is 3.27. The zero-order valence-electron chi connectivity index (χ0n) is 11.3. The first kappa shape index (κ1) is 11.4. The molecule has 0 bridgehead atoms. The molecule has 0 unspecified atom stereocenters. The van der Waals surface area contributed by atoms with Gasteiger partial charge in [-0.1, -0.05) is 54.6 Å². The molecule has 1 aliphatic rings. The smallest absolute Gasteiger partial charge is 0.194 e. The molecule has 20 heavy (non-hydrogen) atoms. The van der Waals surface area contributed by atoms with Crippen molar-refractivity contribution >= 4 is 16.6 Å². The Morgan fingerprint density at radius 3 is 2.40 bits per heavy atom. The minimum Gasteiger partial charge on any atom is -0.289 e. The first-order valence-corrected chi connectivity index (χ1v) is 6.89. The fraction of sp³-hybridized carbons (Fsp3) is 0.105. The molecule has 0 atom stereocenters. The van der Waals surface area contributed by atoms with Crippen LogP contribution in [-0.4, -0.2) is 5.78 Å². The Labute approximate surface area is 117 Å². The fourth-order valence-corrected chi connectivity index (χ4v) is 3.27. The van der Waals surface area contributed by atoms with Crippen molar-refractivity contribution in [3.63, 3.8) is 0 Å². The lowest BCUT2D eigenvalue weighted by atomic mass is 9.81. The first-order valence-electron chi connectivity index (χ1n) is 6.89. The molecule has 1 heteroatoms. The Bertz CT molecular complexity index is 859. The molecule has 0 radical (unpaired) electrons. The summed E-state index contributed by atoms with van der Waals surface area (Å²) >= 11 is 0. The molecular formula is C19H14O. The van der Waals surface area contributed by atoms with E-state index >= 15 is 0 Å². The lowest BCUT2D eigenvalue weighted by molar-refractivity contribution is 0.103. The minimum atomic E-state index is 0.165. The number of carbonyl (C=O) groups excluding carboxylic acids is 1. The summed E-state index contributed by atoms with van der Waals surface area (Å²) in [5, 5.41) is 2.26. The van der Waals surface area contributed by atoms with Crippen LogP contribution in [0.4, 0.5) is 0 Å². The molecule has 1 nitrogen and oxygen atoms in total. The second-order valence-electron chi connectivity index (χ2n) is 5.44. The monoisotopic (exact) mass is 258 g/mol. The largest absolute Gasteiger partial charge is 0.289 e. The molecule has 0 aliphatic heterocycles. The van der Waals surface area contributed by atoms with Crippen molar-refractivity contribution in [1.82, 2.24) is 0 Å². The molecule has 0 saturated heterocycles. The number of rotatable bonds is 0. The van der Waals surface area contributed by atoms with Crippen LogP contribution in [0, 0.1) is 6.92 Å². The number of ketones is 1. The zero-order valence-corrected chi connectivity index (χ0v) is 11.3. The lowest BCUT2D eigenvalue weighted by Crippen LogP contribution is -2.15. The van der Waals surface area contributed by atoms with Crippen molar-refractivity contribution in [2.45, 2.75) is 13.3 Å². The molecule has 0 fully saturated rings. The quantitative estimate of drug-likeness (QED) is 0.460. The topological polar surface area (TPSA) is 17.1 Å². The maximum absolute atomic E-state index is 12.8. The Balaban J connectivity index is 2.09. The number of carbonyl (C=O) groups is 1. The predicted molar refractivity (Wildman–Crippen MR) is 81.4 cm³/mol. The number of aryl methyl sites for hydroxylation is 1. The third kappa shape index (κ3) is 1.47. The summed E-state index contributed by atoms with van der Waals surface area (Å²) in [4.78, 5) is 12.8. The van der Waals surface area contributed by atoms with Gasteiger partial charge in [0.05, 0.1) is 0 Å². The van der Waals surface area contributed by atoms with Crippen molar-refractivity contribution in [1.29, 1.82) is 0 Å². The van der Waals surface area contributed by atoms with Gasteiger partial charge in [0, 0.05) is 11.1 Å². The highest BCUT2D eigenvalue weighted by atomic mass is 16.1. The highest BCUT2D eigenvalue weighted by molar-refractivity contribution is 6.19. The van der Waals surface area contributed by atoms with Gasteiger partial charge >= 0.3 is 0 Å². The third-order valence-electron chi connectivity index (χ3n) is 4.20. The molecule has 0 heterocycles. The number of fused-ring (bicyclic) bond motifs is 4. The SMILES string of the molecule is Cc1cc2c(c3ccccc13)C(=O)c1ccccc1C2. The van der Waals surface area contributed by atoms with Gasteiger partial charge in [0.25, 0.3) is 0 Å². The van der Waals surface area contributed by atoms with Crippen LogP contribution < -0.4 is 0 Å². The van der Waals surface area contributed by atoms with E-state index in [0.29, 0.717) is 0 Å². The summed E-state index contributed by atoms with van der Waals surface area (Å²) < 4.78 is 0. The Hall–Kier alpha value is -2.41. The Morgan fingerprint density at radius 1 is 0.850 bits per heavy atom.